The van der Waals surface area contributed by atoms with Crippen molar-refractivity contribution in [2.45, 2.75) is 40.0 Å². The first kappa shape index (κ1) is 22.8. The van der Waals surface area contributed by atoms with Crippen LogP contribution in [0, 0.1) is 5.92 Å². The molecular formula is C26H28O4S. The number of hydrogen-bond donors (Lipinski definition) is 1. The largest absolute Gasteiger partial charge is 0.477 e. The van der Waals surface area contributed by atoms with Crippen molar-refractivity contribution in [1.29, 1.82) is 0 Å². The van der Waals surface area contributed by atoms with E-state index in [0.717, 1.165) is 40.0 Å². The summed E-state index contributed by atoms with van der Waals surface area (Å²) in [4.78, 5) is 25.4. The lowest BCUT2D eigenvalue weighted by Crippen LogP contribution is -2.11. The van der Waals surface area contributed by atoms with Crippen molar-refractivity contribution in [3.63, 3.8) is 0 Å². The zero-order valence-corrected chi connectivity index (χ0v) is 19.0. The summed E-state index contributed by atoms with van der Waals surface area (Å²) in [6.07, 6.45) is 2.56. The Morgan fingerprint density at radius 3 is 2.42 bits per heavy atom. The summed E-state index contributed by atoms with van der Waals surface area (Å²) >= 11 is 1.37. The van der Waals surface area contributed by atoms with Crippen molar-refractivity contribution < 1.29 is 19.4 Å². The highest BCUT2D eigenvalue weighted by Crippen LogP contribution is 2.29. The predicted octanol–water partition coefficient (Wildman–Crippen LogP) is 6.47. The Kier molecular flexibility index (Phi) is 7.64. The van der Waals surface area contributed by atoms with E-state index >= 15 is 0 Å². The third kappa shape index (κ3) is 5.82. The van der Waals surface area contributed by atoms with Gasteiger partial charge in [0.25, 0.3) is 0 Å². The molecule has 0 fully saturated rings. The van der Waals surface area contributed by atoms with Gasteiger partial charge in [0.1, 0.15) is 4.88 Å². The molecule has 0 amide bonds. The second-order valence-electron chi connectivity index (χ2n) is 8.03. The zero-order chi connectivity index (χ0) is 22.4. The summed E-state index contributed by atoms with van der Waals surface area (Å²) in [5.41, 5.74) is 4.54. The van der Waals surface area contributed by atoms with Gasteiger partial charge in [-0.25, -0.2) is 9.59 Å². The molecule has 1 heterocycles. The van der Waals surface area contributed by atoms with Gasteiger partial charge in [-0.2, -0.15) is 0 Å². The zero-order valence-electron chi connectivity index (χ0n) is 18.2. The van der Waals surface area contributed by atoms with Crippen LogP contribution in [-0.4, -0.2) is 23.7 Å². The number of hydrogen-bond acceptors (Lipinski definition) is 4. The number of carbonyl (C=O) groups excluding carboxylic acids is 1. The fourth-order valence-electron chi connectivity index (χ4n) is 3.42. The van der Waals surface area contributed by atoms with Gasteiger partial charge in [0.2, 0.25) is 0 Å². The molecule has 2 aromatic carbocycles. The van der Waals surface area contributed by atoms with E-state index in [9.17, 15) is 14.7 Å². The average molecular weight is 437 g/mol. The van der Waals surface area contributed by atoms with E-state index in [1.165, 1.54) is 11.3 Å². The minimum atomic E-state index is -0.870. The van der Waals surface area contributed by atoms with E-state index < -0.39 is 5.97 Å². The maximum Gasteiger partial charge on any atom is 0.345 e. The lowest BCUT2D eigenvalue weighted by molar-refractivity contribution is 0.0459. The number of carboxylic acid groups (broad SMARTS) is 1. The minimum absolute atomic E-state index is 0.284. The molecule has 0 aliphatic heterocycles. The Balaban J connectivity index is 1.82. The smallest absolute Gasteiger partial charge is 0.345 e. The van der Waals surface area contributed by atoms with Gasteiger partial charge in [-0.15, -0.1) is 11.3 Å². The van der Waals surface area contributed by atoms with Crippen molar-refractivity contribution in [1.82, 2.24) is 0 Å². The molecule has 5 heteroatoms. The molecule has 0 spiro atoms. The SMILES string of the molecule is CCCc1sc(C(=O)O)cc1Cc1ccc(-c2ccccc2C(=O)OCC(C)C)cc1. The molecule has 0 radical (unpaired) electrons. The predicted molar refractivity (Wildman–Crippen MR) is 125 cm³/mol. The van der Waals surface area contributed by atoms with Crippen molar-refractivity contribution in [2.24, 2.45) is 5.92 Å². The molecule has 3 rings (SSSR count). The van der Waals surface area contributed by atoms with Crippen LogP contribution in [-0.2, 0) is 17.6 Å². The fraction of sp³-hybridized carbons (Fsp3) is 0.308. The molecule has 0 aliphatic carbocycles. The van der Waals surface area contributed by atoms with Crippen molar-refractivity contribution >= 4 is 23.3 Å². The quantitative estimate of drug-likeness (QED) is 0.391. The summed E-state index contributed by atoms with van der Waals surface area (Å²) in [6.45, 7) is 6.51. The lowest BCUT2D eigenvalue weighted by Gasteiger charge is -2.12. The van der Waals surface area contributed by atoms with Gasteiger partial charge < -0.3 is 9.84 Å². The highest BCUT2D eigenvalue weighted by atomic mass is 32.1. The molecule has 0 unspecified atom stereocenters. The summed E-state index contributed by atoms with van der Waals surface area (Å²) in [5, 5.41) is 9.33. The van der Waals surface area contributed by atoms with Crippen LogP contribution in [0.2, 0.25) is 0 Å². The molecule has 162 valence electrons. The van der Waals surface area contributed by atoms with Gasteiger partial charge >= 0.3 is 11.9 Å². The highest BCUT2D eigenvalue weighted by Gasteiger charge is 2.16. The molecule has 0 aliphatic rings. The second-order valence-corrected chi connectivity index (χ2v) is 9.16. The van der Waals surface area contributed by atoms with Crippen LogP contribution in [0.3, 0.4) is 0 Å². The molecule has 4 nitrogen and oxygen atoms in total. The van der Waals surface area contributed by atoms with E-state index in [0.29, 0.717) is 23.5 Å². The first-order chi connectivity index (χ1) is 14.9. The first-order valence-electron chi connectivity index (χ1n) is 10.6. The Morgan fingerprint density at radius 2 is 1.77 bits per heavy atom. The van der Waals surface area contributed by atoms with Crippen molar-refractivity contribution in [2.75, 3.05) is 6.61 Å². The number of thiophene rings is 1. The third-order valence-electron chi connectivity index (χ3n) is 4.94. The van der Waals surface area contributed by atoms with Crippen LogP contribution in [0.4, 0.5) is 0 Å². The third-order valence-corrected chi connectivity index (χ3v) is 6.16. The number of aromatic carboxylic acids is 1. The second kappa shape index (κ2) is 10.4. The molecule has 0 saturated heterocycles. The van der Waals surface area contributed by atoms with E-state index in [4.69, 9.17) is 4.74 Å². The van der Waals surface area contributed by atoms with Crippen LogP contribution in [0.15, 0.2) is 54.6 Å². The van der Waals surface area contributed by atoms with Crippen LogP contribution in [0.1, 0.15) is 63.2 Å². The summed E-state index contributed by atoms with van der Waals surface area (Å²) in [6, 6.07) is 17.4. The van der Waals surface area contributed by atoms with Crippen LogP contribution in [0.25, 0.3) is 11.1 Å². The molecular weight excluding hydrogens is 408 g/mol. The highest BCUT2D eigenvalue weighted by molar-refractivity contribution is 7.14. The number of carboxylic acids is 1. The van der Waals surface area contributed by atoms with Crippen LogP contribution in [0.5, 0.6) is 0 Å². The summed E-state index contributed by atoms with van der Waals surface area (Å²) in [5.74, 6) is -0.895. The maximum atomic E-state index is 12.5. The number of rotatable bonds is 9. The molecule has 0 bridgehead atoms. The van der Waals surface area contributed by atoms with E-state index in [1.807, 2.05) is 56.3 Å². The number of carbonyl (C=O) groups is 2. The first-order valence-corrected chi connectivity index (χ1v) is 11.4. The summed E-state index contributed by atoms with van der Waals surface area (Å²) in [7, 11) is 0. The lowest BCUT2D eigenvalue weighted by atomic mass is 9.97. The van der Waals surface area contributed by atoms with Gasteiger partial charge in [0.05, 0.1) is 12.2 Å². The molecule has 0 atom stereocenters. The van der Waals surface area contributed by atoms with Gasteiger partial charge in [0, 0.05) is 4.88 Å². The molecule has 1 aromatic heterocycles. The van der Waals surface area contributed by atoms with Crippen LogP contribution < -0.4 is 0 Å². The van der Waals surface area contributed by atoms with E-state index in [1.54, 1.807) is 12.1 Å². The van der Waals surface area contributed by atoms with E-state index in [-0.39, 0.29) is 11.9 Å². The number of esters is 1. The fourth-order valence-corrected chi connectivity index (χ4v) is 4.54. The number of benzene rings is 2. The molecule has 0 saturated carbocycles. The molecule has 1 N–H and O–H groups in total. The van der Waals surface area contributed by atoms with Crippen molar-refractivity contribution in [3.8, 4) is 11.1 Å². The number of aryl methyl sites for hydroxylation is 1. The minimum Gasteiger partial charge on any atom is -0.477 e. The standard InChI is InChI=1S/C26H28O4S/c1-4-7-23-20(15-24(31-23)25(27)28)14-18-10-12-19(13-11-18)21-8-5-6-9-22(21)26(29)30-16-17(2)3/h5-6,8-13,15,17H,4,7,14,16H2,1-3H3,(H,27,28). The van der Waals surface area contributed by atoms with Crippen LogP contribution >= 0.6 is 11.3 Å². The summed E-state index contributed by atoms with van der Waals surface area (Å²) < 4.78 is 5.43. The van der Waals surface area contributed by atoms with Gasteiger partial charge in [-0.05, 0) is 53.1 Å². The Hall–Kier alpha value is -2.92. The normalized spacial score (nSPS) is 11.0. The Labute approximate surface area is 187 Å². The molecule has 3 aromatic rings. The van der Waals surface area contributed by atoms with Gasteiger partial charge in [-0.1, -0.05) is 69.7 Å². The average Bonchev–Trinajstić information content (AvgIpc) is 3.15. The Morgan fingerprint density at radius 1 is 1.06 bits per heavy atom. The maximum absolute atomic E-state index is 12.5. The van der Waals surface area contributed by atoms with Crippen molar-refractivity contribution in [3.05, 3.63) is 81.0 Å². The van der Waals surface area contributed by atoms with Gasteiger partial charge in [0.15, 0.2) is 0 Å². The molecule has 31 heavy (non-hydrogen) atoms. The monoisotopic (exact) mass is 436 g/mol. The topological polar surface area (TPSA) is 63.6 Å². The van der Waals surface area contributed by atoms with Gasteiger partial charge in [-0.3, -0.25) is 0 Å². The number of ether oxygens (including phenoxy) is 1. The van der Waals surface area contributed by atoms with E-state index in [2.05, 4.69) is 6.92 Å². The Bertz CT molecular complexity index is 1050.